The van der Waals surface area contributed by atoms with Crippen molar-refractivity contribution in [2.24, 2.45) is 0 Å². The van der Waals surface area contributed by atoms with Crippen LogP contribution in [0.2, 0.25) is 5.15 Å². The molecule has 1 aliphatic rings. The Morgan fingerprint density at radius 1 is 1.21 bits per heavy atom. The van der Waals surface area contributed by atoms with E-state index in [0.717, 1.165) is 5.56 Å². The molecule has 1 amide bonds. The highest BCUT2D eigenvalue weighted by Crippen LogP contribution is 2.20. The highest BCUT2D eigenvalue weighted by molar-refractivity contribution is 6.29. The van der Waals surface area contributed by atoms with E-state index in [1.165, 1.54) is 10.6 Å². The third-order valence-electron chi connectivity index (χ3n) is 3.04. The van der Waals surface area contributed by atoms with E-state index in [9.17, 15) is 9.59 Å². The molecule has 0 unspecified atom stereocenters. The monoisotopic (exact) mass is 275 g/mol. The van der Waals surface area contributed by atoms with Gasteiger partial charge in [-0.15, -0.1) is 0 Å². The van der Waals surface area contributed by atoms with Crippen molar-refractivity contribution < 1.29 is 4.79 Å². The lowest BCUT2D eigenvalue weighted by Crippen LogP contribution is -2.40. The Labute approximate surface area is 113 Å². The Bertz CT molecular complexity index is 707. The van der Waals surface area contributed by atoms with Crippen LogP contribution in [0.15, 0.2) is 35.3 Å². The molecule has 96 valence electrons. The largest absolute Gasteiger partial charge is 0.349 e. The molecule has 3 rings (SSSR count). The van der Waals surface area contributed by atoms with Crippen molar-refractivity contribution in [3.8, 4) is 11.1 Å². The Kier molecular flexibility index (Phi) is 2.83. The summed E-state index contributed by atoms with van der Waals surface area (Å²) < 4.78 is 1.48. The van der Waals surface area contributed by atoms with Crippen LogP contribution in [0.25, 0.3) is 11.1 Å². The summed E-state index contributed by atoms with van der Waals surface area (Å²) in [6.45, 7) is 0.979. The van der Waals surface area contributed by atoms with Crippen molar-refractivity contribution in [2.75, 3.05) is 6.54 Å². The zero-order chi connectivity index (χ0) is 13.4. The number of pyridine rings is 2. The highest BCUT2D eigenvalue weighted by atomic mass is 35.5. The molecule has 2 aromatic rings. The van der Waals surface area contributed by atoms with Crippen molar-refractivity contribution in [3.05, 3.63) is 51.7 Å². The summed E-state index contributed by atoms with van der Waals surface area (Å²) in [5.41, 5.74) is 1.61. The van der Waals surface area contributed by atoms with Gasteiger partial charge in [-0.05, 0) is 23.8 Å². The number of nitrogens with zero attached hydrogens (tertiary/aromatic N) is 2. The Balaban J connectivity index is 2.16. The second-order valence-electron chi connectivity index (χ2n) is 4.24. The molecule has 0 aromatic carbocycles. The number of amides is 1. The van der Waals surface area contributed by atoms with Gasteiger partial charge in [0, 0.05) is 30.9 Å². The summed E-state index contributed by atoms with van der Waals surface area (Å²) in [5.74, 6) is -0.230. The lowest BCUT2D eigenvalue weighted by atomic mass is 10.1. The first-order chi connectivity index (χ1) is 9.15. The number of nitrogens with one attached hydrogen (secondary N) is 1. The average molecular weight is 276 g/mol. The van der Waals surface area contributed by atoms with Crippen LogP contribution in [-0.2, 0) is 6.54 Å². The van der Waals surface area contributed by atoms with Crippen molar-refractivity contribution in [2.45, 2.75) is 6.54 Å². The van der Waals surface area contributed by atoms with Crippen LogP contribution in [0, 0.1) is 0 Å². The fourth-order valence-electron chi connectivity index (χ4n) is 2.10. The van der Waals surface area contributed by atoms with Crippen LogP contribution < -0.4 is 10.9 Å². The number of hydrogen-bond donors (Lipinski definition) is 1. The van der Waals surface area contributed by atoms with Gasteiger partial charge in [-0.2, -0.15) is 0 Å². The molecular formula is C13H10ClN3O2. The molecule has 0 radical (unpaired) electrons. The maximum absolute atomic E-state index is 12.0. The molecule has 1 N–H and O–H groups in total. The number of rotatable bonds is 1. The van der Waals surface area contributed by atoms with Crippen molar-refractivity contribution in [3.63, 3.8) is 0 Å². The summed E-state index contributed by atoms with van der Waals surface area (Å²) in [4.78, 5) is 27.7. The standard InChI is InChI=1S/C13H10ClN3O2/c14-11-2-1-8(7-16-11)9-5-10-13(19)15-3-4-17(10)12(18)6-9/h1-2,5-7H,3-4H2,(H,15,19). The first-order valence-corrected chi connectivity index (χ1v) is 6.18. The number of aromatic nitrogens is 2. The predicted octanol–water partition coefficient (Wildman–Crippen LogP) is 1.31. The van der Waals surface area contributed by atoms with Crippen LogP contribution in [-0.4, -0.2) is 22.0 Å². The van der Waals surface area contributed by atoms with Crippen LogP contribution in [0.5, 0.6) is 0 Å². The zero-order valence-corrected chi connectivity index (χ0v) is 10.6. The van der Waals surface area contributed by atoms with E-state index in [0.29, 0.717) is 29.5 Å². The van der Waals surface area contributed by atoms with Gasteiger partial charge in [-0.1, -0.05) is 11.6 Å². The summed E-state index contributed by atoms with van der Waals surface area (Å²) in [7, 11) is 0. The molecule has 5 nitrogen and oxygen atoms in total. The number of carbonyl (C=O) groups is 1. The van der Waals surface area contributed by atoms with Gasteiger partial charge in [0.2, 0.25) is 0 Å². The minimum absolute atomic E-state index is 0.183. The van der Waals surface area contributed by atoms with E-state index >= 15 is 0 Å². The minimum Gasteiger partial charge on any atom is -0.349 e. The molecule has 2 aromatic heterocycles. The summed E-state index contributed by atoms with van der Waals surface area (Å²) in [6.07, 6.45) is 1.58. The minimum atomic E-state index is -0.230. The maximum atomic E-state index is 12.0. The fraction of sp³-hybridized carbons (Fsp3) is 0.154. The molecule has 0 aliphatic carbocycles. The smallest absolute Gasteiger partial charge is 0.268 e. The second-order valence-corrected chi connectivity index (χ2v) is 4.63. The number of carbonyl (C=O) groups excluding carboxylic acids is 1. The Morgan fingerprint density at radius 2 is 2.05 bits per heavy atom. The van der Waals surface area contributed by atoms with Crippen LogP contribution in [0.1, 0.15) is 10.5 Å². The highest BCUT2D eigenvalue weighted by Gasteiger charge is 2.18. The van der Waals surface area contributed by atoms with Gasteiger partial charge in [-0.25, -0.2) is 4.98 Å². The fourth-order valence-corrected chi connectivity index (χ4v) is 2.21. The van der Waals surface area contributed by atoms with Gasteiger partial charge >= 0.3 is 0 Å². The van der Waals surface area contributed by atoms with E-state index in [1.807, 2.05) is 0 Å². The quantitative estimate of drug-likeness (QED) is 0.798. The molecule has 0 bridgehead atoms. The van der Waals surface area contributed by atoms with E-state index < -0.39 is 0 Å². The van der Waals surface area contributed by atoms with E-state index in [4.69, 9.17) is 11.6 Å². The van der Waals surface area contributed by atoms with Crippen molar-refractivity contribution in [1.29, 1.82) is 0 Å². The third-order valence-corrected chi connectivity index (χ3v) is 3.27. The average Bonchev–Trinajstić information content (AvgIpc) is 2.41. The molecule has 0 atom stereocenters. The zero-order valence-electron chi connectivity index (χ0n) is 9.89. The number of hydrogen-bond acceptors (Lipinski definition) is 3. The van der Waals surface area contributed by atoms with Gasteiger partial charge < -0.3 is 9.88 Å². The molecule has 19 heavy (non-hydrogen) atoms. The van der Waals surface area contributed by atoms with Gasteiger partial charge in [0.1, 0.15) is 10.8 Å². The maximum Gasteiger partial charge on any atom is 0.268 e. The van der Waals surface area contributed by atoms with Gasteiger partial charge in [0.15, 0.2) is 0 Å². The van der Waals surface area contributed by atoms with E-state index in [1.54, 1.807) is 24.4 Å². The van der Waals surface area contributed by atoms with Crippen molar-refractivity contribution in [1.82, 2.24) is 14.9 Å². The number of halogens is 1. The van der Waals surface area contributed by atoms with Gasteiger partial charge in [0.05, 0.1) is 0 Å². The van der Waals surface area contributed by atoms with Crippen LogP contribution >= 0.6 is 11.6 Å². The van der Waals surface area contributed by atoms with Crippen LogP contribution in [0.3, 0.4) is 0 Å². The lowest BCUT2D eigenvalue weighted by Gasteiger charge is -2.19. The summed E-state index contributed by atoms with van der Waals surface area (Å²) in [6, 6.07) is 6.61. The second kappa shape index (κ2) is 4.51. The first-order valence-electron chi connectivity index (χ1n) is 5.80. The van der Waals surface area contributed by atoms with E-state index in [-0.39, 0.29) is 11.5 Å². The Hall–Kier alpha value is -2.14. The Morgan fingerprint density at radius 3 is 2.79 bits per heavy atom. The number of fused-ring (bicyclic) bond motifs is 1. The summed E-state index contributed by atoms with van der Waals surface area (Å²) in [5, 5.41) is 3.10. The third kappa shape index (κ3) is 2.13. The molecule has 0 saturated carbocycles. The first kappa shape index (κ1) is 11.9. The normalized spacial score (nSPS) is 13.8. The van der Waals surface area contributed by atoms with Gasteiger partial charge in [0.25, 0.3) is 11.5 Å². The van der Waals surface area contributed by atoms with E-state index in [2.05, 4.69) is 10.3 Å². The predicted molar refractivity (Wildman–Crippen MR) is 71.3 cm³/mol. The molecule has 0 saturated heterocycles. The molecule has 0 spiro atoms. The SMILES string of the molecule is O=C1NCCn2c1cc(-c1ccc(Cl)nc1)cc2=O. The molecule has 6 heteroatoms. The van der Waals surface area contributed by atoms with Crippen molar-refractivity contribution >= 4 is 17.5 Å². The lowest BCUT2D eigenvalue weighted by molar-refractivity contribution is 0.0925. The molecule has 0 fully saturated rings. The molecular weight excluding hydrogens is 266 g/mol. The summed E-state index contributed by atoms with van der Waals surface area (Å²) >= 11 is 5.73. The van der Waals surface area contributed by atoms with Gasteiger partial charge in [-0.3, -0.25) is 9.59 Å². The topological polar surface area (TPSA) is 64.0 Å². The molecule has 1 aliphatic heterocycles. The van der Waals surface area contributed by atoms with Crippen LogP contribution in [0.4, 0.5) is 0 Å². The molecule has 3 heterocycles.